The highest BCUT2D eigenvalue weighted by Crippen LogP contribution is 2.34. The minimum atomic E-state index is -0.641. The number of nitrogen functional groups attached to an aromatic ring is 1. The van der Waals surface area contributed by atoms with Crippen molar-refractivity contribution >= 4 is 34.6 Å². The molecule has 0 spiro atoms. The first kappa shape index (κ1) is 23.3. The normalized spacial score (nSPS) is 25.6. The minimum absolute atomic E-state index is 0.191. The van der Waals surface area contributed by atoms with Gasteiger partial charge in [0.05, 0.1) is 24.4 Å². The number of pyridine rings is 1. The Bertz CT molecular complexity index is 1470. The van der Waals surface area contributed by atoms with Crippen LogP contribution in [0, 0.1) is 11.8 Å². The average molecular weight is 516 g/mol. The van der Waals surface area contributed by atoms with E-state index in [4.69, 9.17) is 15.5 Å². The predicted octanol–water partition coefficient (Wildman–Crippen LogP) is 1.44. The molecule has 0 aliphatic carbocycles. The summed E-state index contributed by atoms with van der Waals surface area (Å²) in [6, 6.07) is 7.10. The Hall–Kier alpha value is -3.83. The van der Waals surface area contributed by atoms with Crippen molar-refractivity contribution in [3.63, 3.8) is 0 Å². The number of nitrogens with two attached hydrogens (primary N) is 1. The Kier molecular flexibility index (Phi) is 5.45. The van der Waals surface area contributed by atoms with E-state index in [2.05, 4.69) is 26.5 Å². The Labute approximate surface area is 218 Å². The average Bonchev–Trinajstić information content (AvgIpc) is 3.43. The zero-order valence-electron chi connectivity index (χ0n) is 20.9. The van der Waals surface area contributed by atoms with Crippen molar-refractivity contribution in [1.29, 1.82) is 0 Å². The van der Waals surface area contributed by atoms with Crippen molar-refractivity contribution in [2.24, 2.45) is 11.8 Å². The third-order valence-corrected chi connectivity index (χ3v) is 8.25. The second-order valence-corrected chi connectivity index (χ2v) is 11.0. The molecule has 6 heterocycles. The van der Waals surface area contributed by atoms with E-state index < -0.39 is 11.9 Å². The predicted molar refractivity (Wildman–Crippen MR) is 137 cm³/mol. The van der Waals surface area contributed by atoms with Crippen LogP contribution in [0.25, 0.3) is 22.3 Å². The fraction of sp³-hybridized carbons (Fsp3) is 0.444. The molecule has 11 heteroatoms. The number of carbonyl (C=O) groups excluding carboxylic acids is 3. The number of benzene rings is 1. The van der Waals surface area contributed by atoms with E-state index in [1.165, 1.54) is 6.42 Å². The number of amides is 3. The van der Waals surface area contributed by atoms with Crippen LogP contribution >= 0.6 is 0 Å². The largest absolute Gasteiger partial charge is 0.381 e. The van der Waals surface area contributed by atoms with Gasteiger partial charge in [0.25, 0.3) is 5.91 Å². The fourth-order valence-corrected chi connectivity index (χ4v) is 6.52. The maximum Gasteiger partial charge on any atom is 0.255 e. The Balaban J connectivity index is 1.19. The van der Waals surface area contributed by atoms with E-state index in [0.717, 1.165) is 60.7 Å². The van der Waals surface area contributed by atoms with E-state index >= 15 is 0 Å². The number of carbonyl (C=O) groups is 3. The van der Waals surface area contributed by atoms with Crippen molar-refractivity contribution in [3.05, 3.63) is 41.0 Å². The lowest BCUT2D eigenvalue weighted by molar-refractivity contribution is -0.136. The molecule has 0 radical (unpaired) electrons. The van der Waals surface area contributed by atoms with Crippen LogP contribution < -0.4 is 11.1 Å². The molecule has 3 saturated heterocycles. The van der Waals surface area contributed by atoms with Gasteiger partial charge in [0.2, 0.25) is 11.8 Å². The van der Waals surface area contributed by atoms with E-state index in [9.17, 15) is 14.4 Å². The van der Waals surface area contributed by atoms with Crippen molar-refractivity contribution < 1.29 is 19.1 Å². The number of fused-ring (bicyclic) bond motifs is 4. The molecule has 3 fully saturated rings. The molecule has 2 aromatic heterocycles. The second kappa shape index (κ2) is 8.88. The van der Waals surface area contributed by atoms with Gasteiger partial charge in [-0.2, -0.15) is 5.10 Å². The van der Waals surface area contributed by atoms with Crippen LogP contribution in [0.5, 0.6) is 0 Å². The van der Waals surface area contributed by atoms with Gasteiger partial charge < -0.3 is 15.4 Å². The van der Waals surface area contributed by atoms with E-state index in [1.54, 1.807) is 11.0 Å². The zero-order chi connectivity index (χ0) is 26.0. The number of rotatable bonds is 4. The number of nitrogens with zero attached hydrogens (tertiary/aromatic N) is 4. The molecule has 7 rings (SSSR count). The summed E-state index contributed by atoms with van der Waals surface area (Å²) < 4.78 is 5.75. The summed E-state index contributed by atoms with van der Waals surface area (Å²) in [7, 11) is 0. The third-order valence-electron chi connectivity index (χ3n) is 8.25. The van der Waals surface area contributed by atoms with Gasteiger partial charge in [-0.1, -0.05) is 6.07 Å². The summed E-state index contributed by atoms with van der Waals surface area (Å²) >= 11 is 0. The maximum absolute atomic E-state index is 13.1. The van der Waals surface area contributed by atoms with Gasteiger partial charge in [-0.3, -0.25) is 29.7 Å². The summed E-state index contributed by atoms with van der Waals surface area (Å²) in [5.74, 6) is 0.578. The maximum atomic E-state index is 13.1. The molecule has 3 unspecified atom stereocenters. The fourth-order valence-electron chi connectivity index (χ4n) is 6.52. The summed E-state index contributed by atoms with van der Waals surface area (Å²) in [5.41, 5.74) is 11.8. The van der Waals surface area contributed by atoms with Crippen molar-refractivity contribution in [3.8, 4) is 11.3 Å². The molecule has 3 amide bonds. The van der Waals surface area contributed by atoms with Crippen LogP contribution in [0.15, 0.2) is 24.3 Å². The van der Waals surface area contributed by atoms with Gasteiger partial charge in [-0.05, 0) is 54.0 Å². The molecular weight excluding hydrogens is 486 g/mol. The lowest BCUT2D eigenvalue weighted by atomic mass is 9.88. The van der Waals surface area contributed by atoms with Gasteiger partial charge in [0.15, 0.2) is 5.82 Å². The Morgan fingerprint density at radius 1 is 1.11 bits per heavy atom. The minimum Gasteiger partial charge on any atom is -0.381 e. The lowest BCUT2D eigenvalue weighted by Gasteiger charge is -2.41. The van der Waals surface area contributed by atoms with Gasteiger partial charge in [0.1, 0.15) is 11.6 Å². The van der Waals surface area contributed by atoms with E-state index in [-0.39, 0.29) is 18.2 Å². The Morgan fingerprint density at radius 3 is 2.71 bits per heavy atom. The lowest BCUT2D eigenvalue weighted by Crippen LogP contribution is -2.52. The van der Waals surface area contributed by atoms with Crippen LogP contribution in [-0.4, -0.2) is 75.0 Å². The molecule has 3 atom stereocenters. The highest BCUT2D eigenvalue weighted by atomic mass is 16.5. The number of imide groups is 1. The molecule has 1 aromatic carbocycles. The SMILES string of the molecule is Nc1n[nH]c2c(CN3CC4COCC(C4)C3)cc(-c3ccc4c(c3)CN(C3CCC(=O)NC3=O)C4=O)nc12. The molecule has 2 bridgehead atoms. The van der Waals surface area contributed by atoms with Crippen molar-refractivity contribution in [2.45, 2.75) is 38.4 Å². The molecule has 4 N–H and O–H groups in total. The summed E-state index contributed by atoms with van der Waals surface area (Å²) in [5, 5.41) is 9.64. The number of hydrogen-bond acceptors (Lipinski definition) is 8. The summed E-state index contributed by atoms with van der Waals surface area (Å²) in [6.45, 7) is 4.71. The number of anilines is 1. The van der Waals surface area contributed by atoms with E-state index in [0.29, 0.717) is 41.7 Å². The van der Waals surface area contributed by atoms with Crippen LogP contribution in [0.3, 0.4) is 0 Å². The highest BCUT2D eigenvalue weighted by molar-refractivity contribution is 6.05. The highest BCUT2D eigenvalue weighted by Gasteiger charge is 2.39. The van der Waals surface area contributed by atoms with Crippen LogP contribution in [-0.2, 0) is 27.4 Å². The molecular formula is C27H29N7O4. The number of ether oxygens (including phenoxy) is 1. The molecule has 3 aromatic rings. The monoisotopic (exact) mass is 515 g/mol. The number of aromatic nitrogens is 3. The first-order valence-electron chi connectivity index (χ1n) is 13.1. The standard InChI is InChI=1S/C27H29N7O4/c28-25-24-23(31-32-25)18(10-33-8-14-5-15(9-33)13-38-12-14)7-20(29-24)16-1-2-19-17(6-16)11-34(27(19)37)21-3-4-22(35)30-26(21)36/h1-2,6-7,14-15,21H,3-5,8-13H2,(H3,28,31,32)(H,30,35,36). The molecule has 11 nitrogen and oxygen atoms in total. The third kappa shape index (κ3) is 3.93. The zero-order valence-corrected chi connectivity index (χ0v) is 20.9. The van der Waals surface area contributed by atoms with Crippen molar-refractivity contribution in [2.75, 3.05) is 32.0 Å². The topological polar surface area (TPSA) is 147 Å². The van der Waals surface area contributed by atoms with Crippen LogP contribution in [0.2, 0.25) is 0 Å². The van der Waals surface area contributed by atoms with Gasteiger partial charge in [-0.25, -0.2) is 4.98 Å². The quantitative estimate of drug-likeness (QED) is 0.443. The number of aromatic amines is 1. The van der Waals surface area contributed by atoms with E-state index in [1.807, 2.05) is 12.1 Å². The first-order valence-corrected chi connectivity index (χ1v) is 13.1. The van der Waals surface area contributed by atoms with Crippen LogP contribution in [0.4, 0.5) is 5.82 Å². The number of piperidine rings is 2. The van der Waals surface area contributed by atoms with Gasteiger partial charge in [0, 0.05) is 43.7 Å². The number of nitrogens with one attached hydrogen (secondary N) is 2. The van der Waals surface area contributed by atoms with Gasteiger partial charge in [-0.15, -0.1) is 0 Å². The summed E-state index contributed by atoms with van der Waals surface area (Å²) in [4.78, 5) is 46.0. The Morgan fingerprint density at radius 2 is 1.92 bits per heavy atom. The summed E-state index contributed by atoms with van der Waals surface area (Å²) in [6.07, 6.45) is 1.79. The van der Waals surface area contributed by atoms with Crippen molar-refractivity contribution in [1.82, 2.24) is 30.3 Å². The van der Waals surface area contributed by atoms with Crippen LogP contribution in [0.1, 0.15) is 40.7 Å². The number of H-pyrrole nitrogens is 1. The van der Waals surface area contributed by atoms with Gasteiger partial charge >= 0.3 is 0 Å². The smallest absolute Gasteiger partial charge is 0.255 e. The first-order chi connectivity index (χ1) is 18.4. The number of hydrogen-bond donors (Lipinski definition) is 3. The molecule has 4 aliphatic rings. The molecule has 0 saturated carbocycles. The second-order valence-electron chi connectivity index (χ2n) is 11.0. The number of likely N-dealkylation sites (tertiary alicyclic amines) is 1. The molecule has 38 heavy (non-hydrogen) atoms. The molecule has 4 aliphatic heterocycles. The molecule has 196 valence electrons.